The highest BCUT2D eigenvalue weighted by Gasteiger charge is 2.40. The molecule has 3 heteroatoms. The van der Waals surface area contributed by atoms with Crippen LogP contribution >= 0.6 is 0 Å². The fraction of sp³-hybridized carbons (Fsp3) is 0.682. The van der Waals surface area contributed by atoms with E-state index in [1.165, 1.54) is 51.6 Å². The monoisotopic (exact) mass is 343 g/mol. The van der Waals surface area contributed by atoms with Gasteiger partial charge in [0.25, 0.3) is 0 Å². The number of carbonyl (C=O) groups is 1. The lowest BCUT2D eigenvalue weighted by molar-refractivity contribution is -0.144. The maximum absolute atomic E-state index is 11.6. The van der Waals surface area contributed by atoms with Crippen molar-refractivity contribution in [1.82, 2.24) is 5.32 Å². The SMILES string of the molecule is C1CC2CCC2CCN1.O=C(O)C1(c2ccccc2)CCCCCC1. The number of benzene rings is 1. The Hall–Kier alpha value is -1.35. The number of carboxylic acid groups (broad SMARTS) is 1. The molecule has 3 fully saturated rings. The van der Waals surface area contributed by atoms with Crippen LogP contribution in [0.25, 0.3) is 0 Å². The van der Waals surface area contributed by atoms with Crippen LogP contribution in [0.2, 0.25) is 0 Å². The molecule has 2 saturated carbocycles. The molecule has 1 aromatic carbocycles. The first-order valence-electron chi connectivity index (χ1n) is 10.2. The lowest BCUT2D eigenvalue weighted by atomic mass is 9.71. The summed E-state index contributed by atoms with van der Waals surface area (Å²) in [5.74, 6) is 1.57. The Labute approximate surface area is 152 Å². The van der Waals surface area contributed by atoms with Gasteiger partial charge in [-0.3, -0.25) is 4.79 Å². The van der Waals surface area contributed by atoms with Gasteiger partial charge in [0.2, 0.25) is 0 Å². The summed E-state index contributed by atoms with van der Waals surface area (Å²) >= 11 is 0. The third kappa shape index (κ3) is 4.44. The molecule has 3 nitrogen and oxygen atoms in total. The molecule has 0 spiro atoms. The number of nitrogens with one attached hydrogen (secondary N) is 1. The first-order chi connectivity index (χ1) is 12.2. The Morgan fingerprint density at radius 2 is 1.44 bits per heavy atom. The van der Waals surface area contributed by atoms with Gasteiger partial charge in [-0.2, -0.15) is 0 Å². The Morgan fingerprint density at radius 1 is 0.880 bits per heavy atom. The van der Waals surface area contributed by atoms with Crippen LogP contribution in [0.1, 0.15) is 69.8 Å². The Morgan fingerprint density at radius 3 is 1.92 bits per heavy atom. The van der Waals surface area contributed by atoms with E-state index in [0.29, 0.717) is 0 Å². The van der Waals surface area contributed by atoms with Gasteiger partial charge in [0, 0.05) is 0 Å². The molecule has 0 amide bonds. The van der Waals surface area contributed by atoms with Crippen LogP contribution in [-0.2, 0) is 10.2 Å². The minimum Gasteiger partial charge on any atom is -0.481 e. The number of aliphatic carboxylic acids is 1. The second kappa shape index (κ2) is 8.84. The van der Waals surface area contributed by atoms with Crippen LogP contribution in [0.15, 0.2) is 30.3 Å². The molecule has 2 N–H and O–H groups in total. The predicted octanol–water partition coefficient (Wildman–Crippen LogP) is 4.76. The van der Waals surface area contributed by atoms with Crippen LogP contribution in [0.3, 0.4) is 0 Å². The van der Waals surface area contributed by atoms with Crippen LogP contribution < -0.4 is 5.32 Å². The highest BCUT2D eigenvalue weighted by Crippen LogP contribution is 2.39. The molecule has 2 aliphatic carbocycles. The highest BCUT2D eigenvalue weighted by molar-refractivity contribution is 5.81. The molecule has 0 bridgehead atoms. The maximum Gasteiger partial charge on any atom is 0.314 e. The minimum atomic E-state index is -0.652. The van der Waals surface area contributed by atoms with Crippen LogP contribution in [0.4, 0.5) is 0 Å². The van der Waals surface area contributed by atoms with Crippen molar-refractivity contribution in [3.05, 3.63) is 35.9 Å². The first-order valence-corrected chi connectivity index (χ1v) is 10.2. The van der Waals surface area contributed by atoms with E-state index in [0.717, 1.165) is 43.1 Å². The van der Waals surface area contributed by atoms with Crippen molar-refractivity contribution in [3.63, 3.8) is 0 Å². The minimum absolute atomic E-state index is 0.627. The molecule has 1 aliphatic heterocycles. The van der Waals surface area contributed by atoms with Gasteiger partial charge in [-0.15, -0.1) is 0 Å². The second-order valence-corrected chi connectivity index (χ2v) is 8.09. The second-order valence-electron chi connectivity index (χ2n) is 8.09. The van der Waals surface area contributed by atoms with Crippen molar-refractivity contribution in [2.45, 2.75) is 69.6 Å². The summed E-state index contributed by atoms with van der Waals surface area (Å²) in [5.41, 5.74) is 0.349. The number of fused-ring (bicyclic) bond motifs is 1. The number of hydrogen-bond donors (Lipinski definition) is 2. The third-order valence-corrected chi connectivity index (χ3v) is 6.65. The molecule has 3 aliphatic rings. The van der Waals surface area contributed by atoms with Gasteiger partial charge in [-0.05, 0) is 69.0 Å². The number of rotatable bonds is 2. The smallest absolute Gasteiger partial charge is 0.314 e. The molecule has 138 valence electrons. The standard InChI is InChI=1S/C14H18O2.C8H15N/c15-13(16)14(10-6-1-2-7-11-14)12-8-4-3-5-9-12;1-2-8-4-6-9-5-3-7(1)8/h3-5,8-9H,1-2,6-7,10-11H2,(H,15,16);7-9H,1-6H2. The third-order valence-electron chi connectivity index (χ3n) is 6.65. The summed E-state index contributed by atoms with van der Waals surface area (Å²) in [6.45, 7) is 2.56. The van der Waals surface area contributed by atoms with Crippen molar-refractivity contribution in [3.8, 4) is 0 Å². The molecule has 25 heavy (non-hydrogen) atoms. The van der Waals surface area contributed by atoms with Crippen molar-refractivity contribution >= 4 is 5.97 Å². The van der Waals surface area contributed by atoms with Crippen LogP contribution in [-0.4, -0.2) is 24.2 Å². The number of hydrogen-bond acceptors (Lipinski definition) is 2. The van der Waals surface area contributed by atoms with E-state index >= 15 is 0 Å². The predicted molar refractivity (Wildman–Crippen MR) is 102 cm³/mol. The molecular formula is C22H33NO2. The number of carboxylic acids is 1. The Bertz CT molecular complexity index is 522. The van der Waals surface area contributed by atoms with Crippen molar-refractivity contribution in [1.29, 1.82) is 0 Å². The molecule has 2 unspecified atom stereocenters. The van der Waals surface area contributed by atoms with Gasteiger partial charge >= 0.3 is 5.97 Å². The van der Waals surface area contributed by atoms with Gasteiger partial charge in [-0.25, -0.2) is 0 Å². The summed E-state index contributed by atoms with van der Waals surface area (Å²) in [4.78, 5) is 11.6. The molecule has 4 rings (SSSR count). The summed E-state index contributed by atoms with van der Waals surface area (Å²) in [6, 6.07) is 9.73. The summed E-state index contributed by atoms with van der Waals surface area (Å²) < 4.78 is 0. The molecule has 0 aromatic heterocycles. The summed E-state index contributed by atoms with van der Waals surface area (Å²) in [7, 11) is 0. The van der Waals surface area contributed by atoms with Crippen molar-refractivity contribution in [2.24, 2.45) is 11.8 Å². The maximum atomic E-state index is 11.6. The molecule has 0 radical (unpaired) electrons. The van der Waals surface area contributed by atoms with E-state index in [-0.39, 0.29) is 0 Å². The fourth-order valence-corrected chi connectivity index (χ4v) is 4.81. The topological polar surface area (TPSA) is 49.3 Å². The Balaban J connectivity index is 0.000000170. The summed E-state index contributed by atoms with van der Waals surface area (Å²) in [6.07, 6.45) is 11.9. The van der Waals surface area contributed by atoms with Gasteiger partial charge < -0.3 is 10.4 Å². The highest BCUT2D eigenvalue weighted by atomic mass is 16.4. The largest absolute Gasteiger partial charge is 0.481 e. The van der Waals surface area contributed by atoms with Crippen LogP contribution in [0, 0.1) is 11.8 Å². The van der Waals surface area contributed by atoms with E-state index in [1.807, 2.05) is 30.3 Å². The van der Waals surface area contributed by atoms with Crippen molar-refractivity contribution in [2.75, 3.05) is 13.1 Å². The van der Waals surface area contributed by atoms with Crippen LogP contribution in [0.5, 0.6) is 0 Å². The van der Waals surface area contributed by atoms with Gasteiger partial charge in [0.1, 0.15) is 0 Å². The lowest BCUT2D eigenvalue weighted by Crippen LogP contribution is -2.35. The average Bonchev–Trinajstić information content (AvgIpc) is 2.96. The Kier molecular flexibility index (Phi) is 6.52. The van der Waals surface area contributed by atoms with E-state index in [2.05, 4.69) is 5.32 Å². The average molecular weight is 344 g/mol. The van der Waals surface area contributed by atoms with E-state index < -0.39 is 11.4 Å². The molecule has 2 atom stereocenters. The van der Waals surface area contributed by atoms with E-state index in [4.69, 9.17) is 0 Å². The first kappa shape index (κ1) is 18.4. The van der Waals surface area contributed by atoms with E-state index in [9.17, 15) is 9.90 Å². The zero-order chi connectivity index (χ0) is 17.5. The molecule has 1 saturated heterocycles. The zero-order valence-electron chi connectivity index (χ0n) is 15.4. The zero-order valence-corrected chi connectivity index (χ0v) is 15.4. The van der Waals surface area contributed by atoms with Gasteiger partial charge in [0.05, 0.1) is 5.41 Å². The van der Waals surface area contributed by atoms with E-state index in [1.54, 1.807) is 0 Å². The summed E-state index contributed by atoms with van der Waals surface area (Å²) in [5, 5.41) is 13.0. The normalized spacial score (nSPS) is 28.2. The molecular weight excluding hydrogens is 310 g/mol. The quantitative estimate of drug-likeness (QED) is 0.761. The van der Waals surface area contributed by atoms with Crippen molar-refractivity contribution < 1.29 is 9.90 Å². The van der Waals surface area contributed by atoms with Gasteiger partial charge in [-0.1, -0.05) is 56.0 Å². The molecule has 1 aromatic rings. The van der Waals surface area contributed by atoms with Gasteiger partial charge in [0.15, 0.2) is 0 Å². The fourth-order valence-electron chi connectivity index (χ4n) is 4.81. The lowest BCUT2D eigenvalue weighted by Gasteiger charge is -2.34. The molecule has 1 heterocycles.